The molecule has 9 heteroatoms. The van der Waals surface area contributed by atoms with Crippen LogP contribution in [0.3, 0.4) is 0 Å². The molecule has 0 spiro atoms. The molecule has 2 amide bonds. The van der Waals surface area contributed by atoms with E-state index in [0.717, 1.165) is 36.0 Å². The lowest BCUT2D eigenvalue weighted by Crippen LogP contribution is -2.44. The summed E-state index contributed by atoms with van der Waals surface area (Å²) in [4.78, 5) is 43.7. The Morgan fingerprint density at radius 2 is 2.03 bits per heavy atom. The van der Waals surface area contributed by atoms with Crippen LogP contribution in [0.1, 0.15) is 49.9 Å². The van der Waals surface area contributed by atoms with E-state index in [-0.39, 0.29) is 17.6 Å². The number of likely N-dealkylation sites (tertiary alicyclic amines) is 1. The highest BCUT2D eigenvalue weighted by Gasteiger charge is 2.25. The molecule has 1 unspecified atom stereocenters. The largest absolute Gasteiger partial charge is 0.465 e. The van der Waals surface area contributed by atoms with Crippen molar-refractivity contribution in [2.24, 2.45) is 4.99 Å². The fraction of sp³-hybridized carbons (Fsp3) is 0.545. The molecule has 2 aromatic rings. The Bertz CT molecular complexity index is 1030. The summed E-state index contributed by atoms with van der Waals surface area (Å²) in [5.41, 5.74) is 1.39. The van der Waals surface area contributed by atoms with Crippen LogP contribution in [0.25, 0.3) is 10.2 Å². The van der Waals surface area contributed by atoms with Gasteiger partial charge in [-0.1, -0.05) is 18.3 Å². The van der Waals surface area contributed by atoms with Gasteiger partial charge in [0.15, 0.2) is 4.80 Å². The van der Waals surface area contributed by atoms with E-state index in [1.807, 2.05) is 22.5 Å². The van der Waals surface area contributed by atoms with Gasteiger partial charge in [-0.15, -0.1) is 11.8 Å². The number of thiazole rings is 1. The average molecular weight is 464 g/mol. The van der Waals surface area contributed by atoms with Crippen molar-refractivity contribution in [2.45, 2.75) is 52.1 Å². The first-order chi connectivity index (χ1) is 15.0. The van der Waals surface area contributed by atoms with E-state index in [1.54, 1.807) is 12.1 Å². The maximum absolute atomic E-state index is 12.6. The first-order valence-electron chi connectivity index (χ1n) is 10.6. The summed E-state index contributed by atoms with van der Waals surface area (Å²) in [5.74, 6) is -0.0639. The number of fused-ring (bicyclic) bond motifs is 1. The van der Waals surface area contributed by atoms with Crippen molar-refractivity contribution in [2.75, 3.05) is 25.2 Å². The van der Waals surface area contributed by atoms with Crippen molar-refractivity contribution >= 4 is 51.1 Å². The van der Waals surface area contributed by atoms with E-state index < -0.39 is 5.97 Å². The van der Waals surface area contributed by atoms with E-state index >= 15 is 0 Å². The minimum absolute atomic E-state index is 0.116. The molecule has 0 bridgehead atoms. The third-order valence-electron chi connectivity index (χ3n) is 5.51. The third kappa shape index (κ3) is 5.57. The van der Waals surface area contributed by atoms with Gasteiger partial charge in [0.05, 0.1) is 34.4 Å². The summed E-state index contributed by atoms with van der Waals surface area (Å²) < 4.78 is 7.60. The van der Waals surface area contributed by atoms with Crippen molar-refractivity contribution in [3.8, 4) is 0 Å². The highest BCUT2D eigenvalue weighted by Crippen LogP contribution is 2.21. The molecule has 0 radical (unpaired) electrons. The number of piperidine rings is 1. The highest BCUT2D eigenvalue weighted by atomic mass is 32.2. The second kappa shape index (κ2) is 10.9. The Morgan fingerprint density at radius 3 is 2.74 bits per heavy atom. The molecule has 0 N–H and O–H groups in total. The summed E-state index contributed by atoms with van der Waals surface area (Å²) in [7, 11) is 1.35. The summed E-state index contributed by atoms with van der Waals surface area (Å²) >= 11 is 2.69. The fourth-order valence-electron chi connectivity index (χ4n) is 3.91. The molecule has 2 heterocycles. The lowest BCUT2D eigenvalue weighted by molar-refractivity contribution is -0.132. The van der Waals surface area contributed by atoms with E-state index in [1.165, 1.54) is 36.6 Å². The molecule has 0 aliphatic carbocycles. The van der Waals surface area contributed by atoms with Crippen molar-refractivity contribution in [3.63, 3.8) is 0 Å². The molecule has 1 atom stereocenters. The van der Waals surface area contributed by atoms with Crippen molar-refractivity contribution < 1.29 is 19.1 Å². The smallest absolute Gasteiger partial charge is 0.337 e. The molecule has 1 aromatic heterocycles. The van der Waals surface area contributed by atoms with Gasteiger partial charge >= 0.3 is 5.97 Å². The summed E-state index contributed by atoms with van der Waals surface area (Å²) in [6.45, 7) is 5.58. The summed E-state index contributed by atoms with van der Waals surface area (Å²) in [6.07, 6.45) is 4.29. The van der Waals surface area contributed by atoms with Crippen molar-refractivity contribution in [1.29, 1.82) is 0 Å². The number of methoxy groups -OCH3 is 1. The van der Waals surface area contributed by atoms with Gasteiger partial charge in [0, 0.05) is 19.1 Å². The number of aryl methyl sites for hydroxylation is 1. The number of amides is 2. The number of nitrogens with zero attached hydrogens (tertiary/aromatic N) is 3. The van der Waals surface area contributed by atoms with Crippen molar-refractivity contribution in [3.05, 3.63) is 28.6 Å². The Kier molecular flexibility index (Phi) is 8.31. The van der Waals surface area contributed by atoms with Crippen LogP contribution in [-0.2, 0) is 20.9 Å². The third-order valence-corrected chi connectivity index (χ3v) is 7.45. The second-order valence-electron chi connectivity index (χ2n) is 7.45. The van der Waals surface area contributed by atoms with Gasteiger partial charge in [-0.2, -0.15) is 4.99 Å². The number of esters is 1. The van der Waals surface area contributed by atoms with Gasteiger partial charge in [0.25, 0.3) is 5.91 Å². The zero-order valence-electron chi connectivity index (χ0n) is 18.3. The standard InChI is InChI=1S/C22H29N3O4S2/c1-4-16-8-6-7-11-25(16)20(27)14-30-13-19(26)23-22-24(5-2)17-10-9-15(21(28)29-3)12-18(17)31-22/h9-10,12,16H,4-8,11,13-14H2,1-3H3. The predicted molar refractivity (Wildman–Crippen MR) is 124 cm³/mol. The zero-order valence-corrected chi connectivity index (χ0v) is 19.9. The first kappa shape index (κ1) is 23.5. The minimum Gasteiger partial charge on any atom is -0.465 e. The van der Waals surface area contributed by atoms with Gasteiger partial charge in [-0.05, 0) is 50.8 Å². The van der Waals surface area contributed by atoms with Gasteiger partial charge in [-0.3, -0.25) is 9.59 Å². The summed E-state index contributed by atoms with van der Waals surface area (Å²) in [5, 5.41) is 0. The van der Waals surface area contributed by atoms with E-state index in [9.17, 15) is 14.4 Å². The van der Waals surface area contributed by atoms with Gasteiger partial charge in [0.2, 0.25) is 5.91 Å². The monoisotopic (exact) mass is 463 g/mol. The molecular formula is C22H29N3O4S2. The number of hydrogen-bond acceptors (Lipinski definition) is 6. The SMILES string of the molecule is CCC1CCCCN1C(=O)CSCC(=O)N=c1sc2cc(C(=O)OC)ccc2n1CC. The van der Waals surface area contributed by atoms with Gasteiger partial charge < -0.3 is 14.2 Å². The quantitative estimate of drug-likeness (QED) is 0.588. The topological polar surface area (TPSA) is 81.0 Å². The van der Waals surface area contributed by atoms with Crippen LogP contribution in [0.2, 0.25) is 0 Å². The number of benzene rings is 1. The molecule has 1 aliphatic heterocycles. The maximum atomic E-state index is 12.6. The van der Waals surface area contributed by atoms with E-state index in [4.69, 9.17) is 4.74 Å². The summed E-state index contributed by atoms with van der Waals surface area (Å²) in [6, 6.07) is 5.66. The number of carbonyl (C=O) groups is 3. The molecule has 31 heavy (non-hydrogen) atoms. The van der Waals surface area contributed by atoms with Crippen LogP contribution in [0.5, 0.6) is 0 Å². The number of ether oxygens (including phenoxy) is 1. The molecular weight excluding hydrogens is 434 g/mol. The average Bonchev–Trinajstić information content (AvgIpc) is 3.14. The molecule has 1 aromatic carbocycles. The molecule has 3 rings (SSSR count). The fourth-order valence-corrected chi connectivity index (χ4v) is 5.74. The Balaban J connectivity index is 1.67. The molecule has 1 saturated heterocycles. The lowest BCUT2D eigenvalue weighted by Gasteiger charge is -2.35. The number of carbonyl (C=O) groups excluding carboxylic acids is 3. The zero-order chi connectivity index (χ0) is 22.4. The van der Waals surface area contributed by atoms with Crippen LogP contribution >= 0.6 is 23.1 Å². The molecule has 0 saturated carbocycles. The van der Waals surface area contributed by atoms with Gasteiger partial charge in [0.1, 0.15) is 0 Å². The number of rotatable bonds is 7. The molecule has 168 valence electrons. The minimum atomic E-state index is -0.395. The Morgan fingerprint density at radius 1 is 1.23 bits per heavy atom. The predicted octanol–water partition coefficient (Wildman–Crippen LogP) is 3.46. The van der Waals surface area contributed by atoms with Gasteiger partial charge in [-0.25, -0.2) is 4.79 Å². The first-order valence-corrected chi connectivity index (χ1v) is 12.6. The lowest BCUT2D eigenvalue weighted by atomic mass is 10.0. The normalized spacial score (nSPS) is 17.2. The van der Waals surface area contributed by atoms with Crippen LogP contribution < -0.4 is 4.80 Å². The van der Waals surface area contributed by atoms with E-state index in [0.29, 0.717) is 28.7 Å². The molecule has 1 aliphatic rings. The number of hydrogen-bond donors (Lipinski definition) is 0. The van der Waals surface area contributed by atoms with E-state index in [2.05, 4.69) is 11.9 Å². The van der Waals surface area contributed by atoms with Crippen LogP contribution in [-0.4, -0.2) is 58.5 Å². The van der Waals surface area contributed by atoms with Crippen LogP contribution in [0.4, 0.5) is 0 Å². The Labute approximate surface area is 190 Å². The molecule has 1 fully saturated rings. The van der Waals surface area contributed by atoms with Crippen molar-refractivity contribution in [1.82, 2.24) is 9.47 Å². The maximum Gasteiger partial charge on any atom is 0.337 e. The second-order valence-corrected chi connectivity index (χ2v) is 9.44. The highest BCUT2D eigenvalue weighted by molar-refractivity contribution is 8.00. The molecule has 7 nitrogen and oxygen atoms in total. The van der Waals surface area contributed by atoms with Crippen LogP contribution in [0.15, 0.2) is 23.2 Å². The number of aromatic nitrogens is 1. The number of thioether (sulfide) groups is 1. The Hall–Kier alpha value is -2.13. The van der Waals surface area contributed by atoms with Crippen LogP contribution in [0, 0.1) is 0 Å².